The molecule has 0 amide bonds. The quantitative estimate of drug-likeness (QED) is 0.806. The van der Waals surface area contributed by atoms with E-state index in [-0.39, 0.29) is 5.69 Å². The van der Waals surface area contributed by atoms with Gasteiger partial charge in [-0.25, -0.2) is 14.8 Å². The van der Waals surface area contributed by atoms with E-state index in [9.17, 15) is 9.90 Å². The van der Waals surface area contributed by atoms with Gasteiger partial charge in [0.25, 0.3) is 0 Å². The van der Waals surface area contributed by atoms with E-state index in [0.717, 1.165) is 30.6 Å². The van der Waals surface area contributed by atoms with Crippen LogP contribution in [0.1, 0.15) is 40.4 Å². The Bertz CT molecular complexity index is 469. The number of hydrogen-bond acceptors (Lipinski definition) is 4. The average Bonchev–Trinajstić information content (AvgIpc) is 3.11. The Morgan fingerprint density at radius 2 is 2.24 bits per heavy atom. The van der Waals surface area contributed by atoms with Gasteiger partial charge in [-0.2, -0.15) is 0 Å². The standard InChI is InChI=1S/C12H15N3O2/c16-12(17)11-8-6-13-4-3-9(8)14-10(15-11)5-7-1-2-7/h7,13H,1-6H2,(H,16,17). The minimum atomic E-state index is -0.940. The van der Waals surface area contributed by atoms with E-state index in [4.69, 9.17) is 0 Å². The van der Waals surface area contributed by atoms with Crippen LogP contribution in [0.3, 0.4) is 0 Å². The summed E-state index contributed by atoms with van der Waals surface area (Å²) < 4.78 is 0. The fourth-order valence-corrected chi connectivity index (χ4v) is 2.24. The molecule has 17 heavy (non-hydrogen) atoms. The minimum absolute atomic E-state index is 0.192. The van der Waals surface area contributed by atoms with Crippen molar-refractivity contribution in [2.24, 2.45) is 5.92 Å². The zero-order valence-electron chi connectivity index (χ0n) is 9.57. The van der Waals surface area contributed by atoms with E-state index in [2.05, 4.69) is 15.3 Å². The second-order valence-corrected chi connectivity index (χ2v) is 4.79. The lowest BCUT2D eigenvalue weighted by molar-refractivity contribution is 0.0687. The average molecular weight is 233 g/mol. The third kappa shape index (κ3) is 2.15. The van der Waals surface area contributed by atoms with Crippen LogP contribution in [0.4, 0.5) is 0 Å². The third-order valence-corrected chi connectivity index (χ3v) is 3.35. The molecule has 0 radical (unpaired) electrons. The van der Waals surface area contributed by atoms with Crippen molar-refractivity contribution in [3.63, 3.8) is 0 Å². The topological polar surface area (TPSA) is 75.1 Å². The summed E-state index contributed by atoms with van der Waals surface area (Å²) in [5.41, 5.74) is 1.88. The number of aromatic nitrogens is 2. The van der Waals surface area contributed by atoms with E-state index >= 15 is 0 Å². The lowest BCUT2D eigenvalue weighted by Gasteiger charge is -2.18. The fourth-order valence-electron chi connectivity index (χ4n) is 2.24. The molecule has 3 rings (SSSR count). The molecular weight excluding hydrogens is 218 g/mol. The van der Waals surface area contributed by atoms with E-state index in [1.165, 1.54) is 12.8 Å². The molecule has 1 saturated carbocycles. The molecule has 0 spiro atoms. The summed E-state index contributed by atoms with van der Waals surface area (Å²) in [6.45, 7) is 1.44. The maximum Gasteiger partial charge on any atom is 0.354 e. The molecule has 0 aromatic carbocycles. The van der Waals surface area contributed by atoms with Gasteiger partial charge in [-0.3, -0.25) is 0 Å². The molecule has 5 heteroatoms. The Morgan fingerprint density at radius 1 is 1.41 bits per heavy atom. The molecule has 0 atom stereocenters. The Morgan fingerprint density at radius 3 is 2.94 bits per heavy atom. The number of hydrogen-bond donors (Lipinski definition) is 2. The maximum atomic E-state index is 11.2. The van der Waals surface area contributed by atoms with E-state index < -0.39 is 5.97 Å². The highest BCUT2D eigenvalue weighted by atomic mass is 16.4. The van der Waals surface area contributed by atoms with Gasteiger partial charge in [0.15, 0.2) is 5.69 Å². The van der Waals surface area contributed by atoms with Crippen molar-refractivity contribution in [2.45, 2.75) is 32.2 Å². The van der Waals surface area contributed by atoms with Crippen molar-refractivity contribution in [3.05, 3.63) is 22.8 Å². The summed E-state index contributed by atoms with van der Waals surface area (Å²) in [5.74, 6) is 0.450. The van der Waals surface area contributed by atoms with E-state index in [1.54, 1.807) is 0 Å². The Labute approximate surface area is 99.3 Å². The van der Waals surface area contributed by atoms with Crippen molar-refractivity contribution in [2.75, 3.05) is 6.54 Å². The van der Waals surface area contributed by atoms with Crippen molar-refractivity contribution in [1.29, 1.82) is 0 Å². The zero-order chi connectivity index (χ0) is 11.8. The molecule has 0 bridgehead atoms. The van der Waals surface area contributed by atoms with Crippen molar-refractivity contribution >= 4 is 5.97 Å². The normalized spacial score (nSPS) is 18.8. The summed E-state index contributed by atoms with van der Waals surface area (Å²) in [6.07, 6.45) is 4.09. The molecule has 1 fully saturated rings. The largest absolute Gasteiger partial charge is 0.476 e. The zero-order valence-corrected chi connectivity index (χ0v) is 9.57. The Balaban J connectivity index is 2.00. The third-order valence-electron chi connectivity index (χ3n) is 3.35. The molecule has 1 aromatic heterocycles. The number of carboxylic acids is 1. The van der Waals surface area contributed by atoms with E-state index in [1.807, 2.05) is 0 Å². The molecule has 5 nitrogen and oxygen atoms in total. The first-order chi connectivity index (χ1) is 8.24. The number of nitrogens with one attached hydrogen (secondary N) is 1. The van der Waals surface area contributed by atoms with Gasteiger partial charge in [0.05, 0.1) is 5.69 Å². The molecule has 0 saturated heterocycles. The number of aromatic carboxylic acids is 1. The SMILES string of the molecule is O=C(O)c1nc(CC2CC2)nc2c1CNCC2. The highest BCUT2D eigenvalue weighted by Crippen LogP contribution is 2.32. The predicted molar refractivity (Wildman–Crippen MR) is 60.8 cm³/mol. The van der Waals surface area contributed by atoms with Gasteiger partial charge < -0.3 is 10.4 Å². The van der Waals surface area contributed by atoms with Crippen LogP contribution in [0, 0.1) is 5.92 Å². The van der Waals surface area contributed by atoms with Gasteiger partial charge in [-0.05, 0) is 18.8 Å². The van der Waals surface area contributed by atoms with Gasteiger partial charge in [0.2, 0.25) is 0 Å². The lowest BCUT2D eigenvalue weighted by Crippen LogP contribution is -2.28. The molecule has 2 N–H and O–H groups in total. The predicted octanol–water partition coefficient (Wildman–Crippen LogP) is 0.773. The molecule has 1 aromatic rings. The molecule has 1 aliphatic heterocycles. The van der Waals surface area contributed by atoms with Crippen LogP contribution in [0.25, 0.3) is 0 Å². The first kappa shape index (κ1) is 10.7. The number of rotatable bonds is 3. The first-order valence-corrected chi connectivity index (χ1v) is 6.06. The highest BCUT2D eigenvalue weighted by Gasteiger charge is 2.26. The number of carboxylic acid groups (broad SMARTS) is 1. The molecule has 1 aliphatic carbocycles. The summed E-state index contributed by atoms with van der Waals surface area (Å²) in [5, 5.41) is 12.4. The van der Waals surface area contributed by atoms with Crippen LogP contribution < -0.4 is 5.32 Å². The van der Waals surface area contributed by atoms with Crippen LogP contribution in [0.15, 0.2) is 0 Å². The van der Waals surface area contributed by atoms with Crippen LogP contribution in [0.5, 0.6) is 0 Å². The van der Waals surface area contributed by atoms with Crippen LogP contribution in [0.2, 0.25) is 0 Å². The Hall–Kier alpha value is -1.49. The van der Waals surface area contributed by atoms with Crippen molar-refractivity contribution < 1.29 is 9.90 Å². The second-order valence-electron chi connectivity index (χ2n) is 4.79. The maximum absolute atomic E-state index is 11.2. The molecule has 2 heterocycles. The number of fused-ring (bicyclic) bond motifs is 1. The smallest absolute Gasteiger partial charge is 0.354 e. The second kappa shape index (κ2) is 4.07. The van der Waals surface area contributed by atoms with Gasteiger partial charge in [0, 0.05) is 31.5 Å². The summed E-state index contributed by atoms with van der Waals surface area (Å²) in [7, 11) is 0. The van der Waals surface area contributed by atoms with Gasteiger partial charge in [-0.1, -0.05) is 0 Å². The van der Waals surface area contributed by atoms with Crippen LogP contribution in [-0.2, 0) is 19.4 Å². The lowest BCUT2D eigenvalue weighted by atomic mass is 10.0. The molecule has 90 valence electrons. The number of carbonyl (C=O) groups is 1. The molecule has 2 aliphatic rings. The molecule has 0 unspecified atom stereocenters. The van der Waals surface area contributed by atoms with Crippen molar-refractivity contribution in [1.82, 2.24) is 15.3 Å². The highest BCUT2D eigenvalue weighted by molar-refractivity contribution is 5.87. The van der Waals surface area contributed by atoms with Crippen LogP contribution >= 0.6 is 0 Å². The van der Waals surface area contributed by atoms with Crippen molar-refractivity contribution in [3.8, 4) is 0 Å². The Kier molecular flexibility index (Phi) is 2.55. The fraction of sp³-hybridized carbons (Fsp3) is 0.583. The summed E-state index contributed by atoms with van der Waals surface area (Å²) in [6, 6.07) is 0. The van der Waals surface area contributed by atoms with Gasteiger partial charge >= 0.3 is 5.97 Å². The van der Waals surface area contributed by atoms with Crippen LogP contribution in [-0.4, -0.2) is 27.6 Å². The van der Waals surface area contributed by atoms with Gasteiger partial charge in [0.1, 0.15) is 5.82 Å². The first-order valence-electron chi connectivity index (χ1n) is 6.06. The van der Waals surface area contributed by atoms with Gasteiger partial charge in [-0.15, -0.1) is 0 Å². The van der Waals surface area contributed by atoms with E-state index in [0.29, 0.717) is 18.3 Å². The minimum Gasteiger partial charge on any atom is -0.476 e. The number of nitrogens with zero attached hydrogens (tertiary/aromatic N) is 2. The monoisotopic (exact) mass is 233 g/mol. The molecular formula is C12H15N3O2. The summed E-state index contributed by atoms with van der Waals surface area (Å²) in [4.78, 5) is 19.9. The summed E-state index contributed by atoms with van der Waals surface area (Å²) >= 11 is 0.